The fourth-order valence-electron chi connectivity index (χ4n) is 1.74. The van der Waals surface area contributed by atoms with Gasteiger partial charge in [0.25, 0.3) is 0 Å². The highest BCUT2D eigenvalue weighted by molar-refractivity contribution is 7.10. The minimum atomic E-state index is 0.279. The summed E-state index contributed by atoms with van der Waals surface area (Å²) in [5.41, 5.74) is 6.75. The number of hydrogen-bond donors (Lipinski definition) is 2. The fourth-order valence-corrected chi connectivity index (χ4v) is 2.69. The number of nitrogens with two attached hydrogens (primary N) is 1. The van der Waals surface area contributed by atoms with Gasteiger partial charge in [-0.25, -0.2) is 4.98 Å². The van der Waals surface area contributed by atoms with Crippen LogP contribution >= 0.6 is 11.3 Å². The van der Waals surface area contributed by atoms with Gasteiger partial charge in [0.15, 0.2) is 0 Å². The normalized spacial score (nSPS) is 12.6. The van der Waals surface area contributed by atoms with E-state index in [0.717, 1.165) is 5.69 Å². The summed E-state index contributed by atoms with van der Waals surface area (Å²) in [6.45, 7) is 4.40. The van der Waals surface area contributed by atoms with Crippen molar-refractivity contribution in [1.29, 1.82) is 0 Å². The number of nitrogens with one attached hydrogen (secondary N) is 1. The molecule has 4 heteroatoms. The lowest BCUT2D eigenvalue weighted by Gasteiger charge is -2.22. The zero-order chi connectivity index (χ0) is 12.3. The van der Waals surface area contributed by atoms with Gasteiger partial charge in [0, 0.05) is 11.1 Å². The van der Waals surface area contributed by atoms with Gasteiger partial charge in [-0.3, -0.25) is 0 Å². The number of aromatic nitrogens is 1. The predicted molar refractivity (Wildman–Crippen MR) is 74.2 cm³/mol. The van der Waals surface area contributed by atoms with Gasteiger partial charge in [-0.2, -0.15) is 0 Å². The molecule has 0 aliphatic heterocycles. The Labute approximate surface area is 106 Å². The third-order valence-corrected chi connectivity index (χ3v) is 3.62. The molecule has 0 aromatic carbocycles. The lowest BCUT2D eigenvalue weighted by atomic mass is 10.0. The number of rotatable bonds is 4. The first kappa shape index (κ1) is 11.9. The summed E-state index contributed by atoms with van der Waals surface area (Å²) in [6, 6.07) is 8.36. The van der Waals surface area contributed by atoms with Crippen molar-refractivity contribution in [2.24, 2.45) is 5.92 Å². The molecule has 0 fully saturated rings. The maximum absolute atomic E-state index is 5.85. The van der Waals surface area contributed by atoms with Crippen LogP contribution in [-0.4, -0.2) is 4.98 Å². The van der Waals surface area contributed by atoms with E-state index in [4.69, 9.17) is 5.73 Å². The Morgan fingerprint density at radius 1 is 1.29 bits per heavy atom. The highest BCUT2D eigenvalue weighted by atomic mass is 32.1. The summed E-state index contributed by atoms with van der Waals surface area (Å²) in [7, 11) is 0. The summed E-state index contributed by atoms with van der Waals surface area (Å²) >= 11 is 1.76. The van der Waals surface area contributed by atoms with Crippen LogP contribution in [0.2, 0.25) is 0 Å². The SMILES string of the molecule is CC(C)C(Nc1cccnc1N)c1cccs1. The largest absolute Gasteiger partial charge is 0.382 e. The standard InChI is InChI=1S/C13H17N3S/c1-9(2)12(11-6-4-8-17-11)16-10-5-3-7-15-13(10)14/h3-9,12,16H,1-2H3,(H2,14,15). The highest BCUT2D eigenvalue weighted by Gasteiger charge is 2.17. The zero-order valence-corrected chi connectivity index (χ0v) is 10.9. The minimum Gasteiger partial charge on any atom is -0.382 e. The summed E-state index contributed by atoms with van der Waals surface area (Å²) in [4.78, 5) is 5.41. The molecule has 0 aliphatic carbocycles. The van der Waals surface area contributed by atoms with Crippen molar-refractivity contribution in [1.82, 2.24) is 4.98 Å². The molecule has 1 atom stereocenters. The van der Waals surface area contributed by atoms with Crippen molar-refractivity contribution in [2.45, 2.75) is 19.9 Å². The van der Waals surface area contributed by atoms with E-state index in [1.165, 1.54) is 4.88 Å². The molecule has 17 heavy (non-hydrogen) atoms. The van der Waals surface area contributed by atoms with Gasteiger partial charge < -0.3 is 11.1 Å². The molecule has 3 nitrogen and oxygen atoms in total. The Hall–Kier alpha value is -1.55. The smallest absolute Gasteiger partial charge is 0.146 e. The van der Waals surface area contributed by atoms with Crippen LogP contribution in [-0.2, 0) is 0 Å². The maximum atomic E-state index is 5.85. The van der Waals surface area contributed by atoms with Gasteiger partial charge in [-0.05, 0) is 29.5 Å². The van der Waals surface area contributed by atoms with E-state index < -0.39 is 0 Å². The molecular weight excluding hydrogens is 230 g/mol. The van der Waals surface area contributed by atoms with Crippen LogP contribution in [0.15, 0.2) is 35.8 Å². The molecule has 0 aliphatic rings. The average Bonchev–Trinajstić information content (AvgIpc) is 2.81. The monoisotopic (exact) mass is 247 g/mol. The van der Waals surface area contributed by atoms with Crippen LogP contribution in [0.5, 0.6) is 0 Å². The van der Waals surface area contributed by atoms with E-state index in [1.54, 1.807) is 17.5 Å². The Morgan fingerprint density at radius 2 is 2.12 bits per heavy atom. The molecule has 0 radical (unpaired) electrons. The van der Waals surface area contributed by atoms with Gasteiger partial charge in [0.1, 0.15) is 5.82 Å². The molecule has 2 aromatic heterocycles. The Bertz CT molecular complexity index is 465. The van der Waals surface area contributed by atoms with Crippen LogP contribution in [0.4, 0.5) is 11.5 Å². The molecule has 0 saturated carbocycles. The van der Waals surface area contributed by atoms with E-state index in [-0.39, 0.29) is 6.04 Å². The second-order valence-corrected chi connectivity index (χ2v) is 5.30. The first-order chi connectivity index (χ1) is 8.18. The number of hydrogen-bond acceptors (Lipinski definition) is 4. The Kier molecular flexibility index (Phi) is 3.64. The van der Waals surface area contributed by atoms with Crippen LogP contribution < -0.4 is 11.1 Å². The molecule has 2 aromatic rings. The summed E-state index contributed by atoms with van der Waals surface area (Å²) in [5.74, 6) is 1.04. The minimum absolute atomic E-state index is 0.279. The number of pyridine rings is 1. The first-order valence-electron chi connectivity index (χ1n) is 5.69. The molecule has 0 spiro atoms. The quantitative estimate of drug-likeness (QED) is 0.869. The fraction of sp³-hybridized carbons (Fsp3) is 0.308. The van der Waals surface area contributed by atoms with E-state index in [9.17, 15) is 0 Å². The molecule has 2 heterocycles. The van der Waals surface area contributed by atoms with E-state index in [0.29, 0.717) is 11.7 Å². The molecular formula is C13H17N3S. The third kappa shape index (κ3) is 2.77. The third-order valence-electron chi connectivity index (χ3n) is 2.67. The van der Waals surface area contributed by atoms with Crippen molar-refractivity contribution in [2.75, 3.05) is 11.1 Å². The lowest BCUT2D eigenvalue weighted by Crippen LogP contribution is -2.16. The average molecular weight is 247 g/mol. The molecule has 90 valence electrons. The van der Waals surface area contributed by atoms with Crippen molar-refractivity contribution in [3.8, 4) is 0 Å². The van der Waals surface area contributed by atoms with Crippen LogP contribution in [0, 0.1) is 5.92 Å². The molecule has 3 N–H and O–H groups in total. The van der Waals surface area contributed by atoms with Crippen LogP contribution in [0.1, 0.15) is 24.8 Å². The van der Waals surface area contributed by atoms with Crippen molar-refractivity contribution >= 4 is 22.8 Å². The van der Waals surface area contributed by atoms with Crippen LogP contribution in [0.25, 0.3) is 0 Å². The number of thiophene rings is 1. The van der Waals surface area contributed by atoms with Crippen molar-refractivity contribution in [3.63, 3.8) is 0 Å². The second-order valence-electron chi connectivity index (χ2n) is 4.32. The predicted octanol–water partition coefficient (Wildman–Crippen LogP) is 3.53. The van der Waals surface area contributed by atoms with Crippen molar-refractivity contribution < 1.29 is 0 Å². The van der Waals surface area contributed by atoms with Crippen LogP contribution in [0.3, 0.4) is 0 Å². The highest BCUT2D eigenvalue weighted by Crippen LogP contribution is 2.30. The van der Waals surface area contributed by atoms with Gasteiger partial charge in [-0.1, -0.05) is 19.9 Å². The maximum Gasteiger partial charge on any atom is 0.146 e. The van der Waals surface area contributed by atoms with E-state index in [1.807, 2.05) is 12.1 Å². The molecule has 0 saturated heterocycles. The Morgan fingerprint density at radius 3 is 2.71 bits per heavy atom. The van der Waals surface area contributed by atoms with E-state index in [2.05, 4.69) is 41.7 Å². The Balaban J connectivity index is 2.23. The number of anilines is 2. The van der Waals surface area contributed by atoms with E-state index >= 15 is 0 Å². The second kappa shape index (κ2) is 5.19. The van der Waals surface area contributed by atoms with Gasteiger partial charge >= 0.3 is 0 Å². The summed E-state index contributed by atoms with van der Waals surface area (Å²) in [5, 5.41) is 5.57. The van der Waals surface area contributed by atoms with Gasteiger partial charge in [0.2, 0.25) is 0 Å². The van der Waals surface area contributed by atoms with Gasteiger partial charge in [0.05, 0.1) is 11.7 Å². The van der Waals surface area contributed by atoms with Crippen molar-refractivity contribution in [3.05, 3.63) is 40.7 Å². The number of nitrogens with zero attached hydrogens (tertiary/aromatic N) is 1. The summed E-state index contributed by atoms with van der Waals surface area (Å²) in [6.07, 6.45) is 1.70. The number of nitrogen functional groups attached to an aromatic ring is 1. The first-order valence-corrected chi connectivity index (χ1v) is 6.57. The molecule has 0 amide bonds. The zero-order valence-electron chi connectivity index (χ0n) is 10.1. The van der Waals surface area contributed by atoms with Gasteiger partial charge in [-0.15, -0.1) is 11.3 Å². The summed E-state index contributed by atoms with van der Waals surface area (Å²) < 4.78 is 0. The topological polar surface area (TPSA) is 50.9 Å². The molecule has 2 rings (SSSR count). The lowest BCUT2D eigenvalue weighted by molar-refractivity contribution is 0.554. The molecule has 0 bridgehead atoms. The molecule has 1 unspecified atom stereocenters.